The summed E-state index contributed by atoms with van der Waals surface area (Å²) in [6.45, 7) is 2.16. The first-order valence-electron chi connectivity index (χ1n) is 4.93. The molecule has 1 aromatic carbocycles. The fourth-order valence-corrected chi connectivity index (χ4v) is 3.43. The number of hydrogen-bond donors (Lipinski definition) is 1. The van der Waals surface area contributed by atoms with E-state index >= 15 is 0 Å². The molecule has 1 atom stereocenters. The molecular weight excluding hydrogens is 269 g/mol. The molecule has 1 amide bonds. The van der Waals surface area contributed by atoms with Crippen molar-refractivity contribution in [3.05, 3.63) is 29.8 Å². The van der Waals surface area contributed by atoms with E-state index in [1.165, 1.54) is 0 Å². The van der Waals surface area contributed by atoms with E-state index in [1.807, 2.05) is 12.1 Å². The Balaban J connectivity index is 2.66. The van der Waals surface area contributed by atoms with Gasteiger partial charge < -0.3 is 0 Å². The van der Waals surface area contributed by atoms with Crippen molar-refractivity contribution in [2.45, 2.75) is 12.1 Å². The van der Waals surface area contributed by atoms with Gasteiger partial charge in [-0.25, -0.2) is 0 Å². The number of amides is 1. The van der Waals surface area contributed by atoms with Crippen LogP contribution in [0.1, 0.15) is 17.3 Å². The first-order chi connectivity index (χ1) is 7.65. The summed E-state index contributed by atoms with van der Waals surface area (Å²) in [5, 5.41) is 0.387. The molecule has 0 aromatic heterocycles. The molecule has 5 heteroatoms. The van der Waals surface area contributed by atoms with E-state index in [0.717, 1.165) is 4.35 Å². The summed E-state index contributed by atoms with van der Waals surface area (Å²) >= 11 is -0.697. The molecule has 0 aliphatic carbocycles. The zero-order valence-electron chi connectivity index (χ0n) is 9.03. The molecule has 0 saturated heterocycles. The van der Waals surface area contributed by atoms with Crippen LogP contribution in [0.25, 0.3) is 0 Å². The van der Waals surface area contributed by atoms with Gasteiger partial charge in [-0.15, -0.1) is 0 Å². The van der Waals surface area contributed by atoms with E-state index < -0.39 is 21.7 Å². The van der Waals surface area contributed by atoms with Crippen LogP contribution in [-0.4, -0.2) is 34.2 Å². The minimum atomic E-state index is -0.697. The first kappa shape index (κ1) is 12.8. The van der Waals surface area contributed by atoms with Gasteiger partial charge in [-0.1, -0.05) is 0 Å². The summed E-state index contributed by atoms with van der Waals surface area (Å²) < 4.78 is 5.75. The number of rotatable bonds is 5. The molecule has 0 radical (unpaired) electrons. The zero-order chi connectivity index (χ0) is 12.0. The topological polar surface area (TPSA) is 69.4 Å². The molecule has 0 aliphatic rings. The van der Waals surface area contributed by atoms with E-state index in [2.05, 4.69) is 0 Å². The zero-order valence-corrected chi connectivity index (χ0v) is 11.1. The van der Waals surface area contributed by atoms with Crippen molar-refractivity contribution in [1.82, 2.24) is 0 Å². The van der Waals surface area contributed by atoms with Gasteiger partial charge in [0.2, 0.25) is 0 Å². The van der Waals surface area contributed by atoms with Crippen LogP contribution in [-0.2, 0) is 9.53 Å². The summed E-state index contributed by atoms with van der Waals surface area (Å²) in [5.41, 5.74) is 5.76. The van der Waals surface area contributed by atoms with Gasteiger partial charge in [0, 0.05) is 0 Å². The standard InChI is InChI=1S/C11H14AsNO3/c1-2-16-10(14)7-12-9-6-4-3-5-8(9)11(13)15/h3-6,12H,2,7H2,1H3,(H2,13,15). The number of primary amides is 1. The molecule has 1 rings (SSSR count). The third-order valence-electron chi connectivity index (χ3n) is 1.92. The number of esters is 1. The second-order valence-corrected chi connectivity index (χ2v) is 5.68. The molecule has 1 aromatic rings. The van der Waals surface area contributed by atoms with Gasteiger partial charge >= 0.3 is 101 Å². The number of benzene rings is 1. The molecule has 0 fully saturated rings. The summed E-state index contributed by atoms with van der Waals surface area (Å²) in [6, 6.07) is 7.14. The Labute approximate surface area is 101 Å². The fourth-order valence-electron chi connectivity index (χ4n) is 1.23. The van der Waals surface area contributed by atoms with Crippen molar-refractivity contribution in [3.63, 3.8) is 0 Å². The Morgan fingerprint density at radius 1 is 1.38 bits per heavy atom. The Kier molecular flexibility index (Phi) is 5.06. The number of hydrogen-bond acceptors (Lipinski definition) is 3. The predicted molar refractivity (Wildman–Crippen MR) is 63.2 cm³/mol. The van der Waals surface area contributed by atoms with Crippen LogP contribution < -0.4 is 10.1 Å². The Morgan fingerprint density at radius 2 is 2.06 bits per heavy atom. The normalized spacial score (nSPS) is 10.6. The van der Waals surface area contributed by atoms with Crippen molar-refractivity contribution in [2.24, 2.45) is 5.73 Å². The Morgan fingerprint density at radius 3 is 2.69 bits per heavy atom. The number of carbonyl (C=O) groups is 2. The van der Waals surface area contributed by atoms with E-state index in [0.29, 0.717) is 17.4 Å². The molecule has 0 bridgehead atoms. The molecule has 0 spiro atoms. The van der Waals surface area contributed by atoms with Crippen LogP contribution in [0.3, 0.4) is 0 Å². The van der Waals surface area contributed by atoms with E-state index in [1.54, 1.807) is 19.1 Å². The maximum atomic E-state index is 11.2. The number of carbonyl (C=O) groups excluding carboxylic acids is 2. The van der Waals surface area contributed by atoms with Crippen molar-refractivity contribution in [1.29, 1.82) is 0 Å². The van der Waals surface area contributed by atoms with Crippen LogP contribution >= 0.6 is 0 Å². The van der Waals surface area contributed by atoms with Gasteiger partial charge in [-0.2, -0.15) is 0 Å². The Hall–Kier alpha value is -1.28. The SMILES string of the molecule is CCOC(=O)C[AsH]c1ccccc1C(N)=O. The third-order valence-corrected chi connectivity index (χ3v) is 4.61. The van der Waals surface area contributed by atoms with Gasteiger partial charge in [-0.05, 0) is 0 Å². The second kappa shape index (κ2) is 6.33. The molecule has 0 aliphatic heterocycles. The van der Waals surface area contributed by atoms with Gasteiger partial charge in [0.1, 0.15) is 0 Å². The third kappa shape index (κ3) is 3.70. The van der Waals surface area contributed by atoms with Crippen LogP contribution in [0.5, 0.6) is 0 Å². The first-order valence-corrected chi connectivity index (χ1v) is 7.46. The predicted octanol–water partition coefficient (Wildman–Crippen LogP) is -0.171. The summed E-state index contributed by atoms with van der Waals surface area (Å²) in [6.07, 6.45) is 0. The molecule has 0 saturated carbocycles. The monoisotopic (exact) mass is 283 g/mol. The van der Waals surface area contributed by atoms with Crippen LogP contribution in [0, 0.1) is 0 Å². The fraction of sp³-hybridized carbons (Fsp3) is 0.273. The van der Waals surface area contributed by atoms with E-state index in [-0.39, 0.29) is 5.97 Å². The number of ether oxygens (including phenoxy) is 1. The molecule has 1 unspecified atom stereocenters. The minimum absolute atomic E-state index is 0.207. The van der Waals surface area contributed by atoms with Crippen LogP contribution in [0.15, 0.2) is 24.3 Å². The average Bonchev–Trinajstić information content (AvgIpc) is 2.27. The summed E-state index contributed by atoms with van der Waals surface area (Å²) in [5.74, 6) is -0.648. The molecule has 0 heterocycles. The van der Waals surface area contributed by atoms with Crippen molar-refractivity contribution >= 4 is 32.0 Å². The molecule has 4 nitrogen and oxygen atoms in total. The molecule has 86 valence electrons. The van der Waals surface area contributed by atoms with Crippen molar-refractivity contribution < 1.29 is 14.3 Å². The molecule has 16 heavy (non-hydrogen) atoms. The van der Waals surface area contributed by atoms with Gasteiger partial charge in [0.15, 0.2) is 0 Å². The van der Waals surface area contributed by atoms with E-state index in [9.17, 15) is 9.59 Å². The summed E-state index contributed by atoms with van der Waals surface area (Å²) in [7, 11) is 0. The van der Waals surface area contributed by atoms with Crippen molar-refractivity contribution in [2.75, 3.05) is 6.61 Å². The van der Waals surface area contributed by atoms with Crippen molar-refractivity contribution in [3.8, 4) is 0 Å². The van der Waals surface area contributed by atoms with Gasteiger partial charge in [0.05, 0.1) is 0 Å². The number of nitrogens with two attached hydrogens (primary N) is 1. The van der Waals surface area contributed by atoms with Crippen LogP contribution in [0.2, 0.25) is 5.21 Å². The van der Waals surface area contributed by atoms with Crippen LogP contribution in [0.4, 0.5) is 0 Å². The second-order valence-electron chi connectivity index (χ2n) is 3.07. The Bertz CT molecular complexity index is 393. The molecular formula is C11H14AsNO3. The quantitative estimate of drug-likeness (QED) is 0.602. The average molecular weight is 283 g/mol. The van der Waals surface area contributed by atoms with Gasteiger partial charge in [0.25, 0.3) is 0 Å². The molecule has 2 N–H and O–H groups in total. The van der Waals surface area contributed by atoms with E-state index in [4.69, 9.17) is 10.5 Å². The summed E-state index contributed by atoms with van der Waals surface area (Å²) in [4.78, 5) is 22.3. The maximum absolute atomic E-state index is 11.2. The van der Waals surface area contributed by atoms with Gasteiger partial charge in [-0.3, -0.25) is 0 Å².